The van der Waals surface area contributed by atoms with E-state index in [-0.39, 0.29) is 12.6 Å². The van der Waals surface area contributed by atoms with Gasteiger partial charge in [-0.25, -0.2) is 9.97 Å². The molecule has 2 aliphatic heterocycles. The van der Waals surface area contributed by atoms with Crippen LogP contribution < -0.4 is 9.80 Å². The fourth-order valence-electron chi connectivity index (χ4n) is 2.62. The van der Waals surface area contributed by atoms with Gasteiger partial charge in [0.1, 0.15) is 12.3 Å². The van der Waals surface area contributed by atoms with Gasteiger partial charge in [0.25, 0.3) is 0 Å². The lowest BCUT2D eigenvalue weighted by molar-refractivity contribution is 0.270. The molecular weight excluding hydrogens is 216 g/mol. The van der Waals surface area contributed by atoms with Crippen molar-refractivity contribution in [3.8, 4) is 0 Å². The maximum absolute atomic E-state index is 9.30. The van der Waals surface area contributed by atoms with Gasteiger partial charge in [-0.15, -0.1) is 0 Å². The summed E-state index contributed by atoms with van der Waals surface area (Å²) in [6.07, 6.45) is 1.80. The minimum absolute atomic E-state index is 0.151. The molecule has 3 rings (SSSR count). The van der Waals surface area contributed by atoms with Crippen LogP contribution in [0.3, 0.4) is 0 Å². The minimum Gasteiger partial charge on any atom is -0.388 e. The summed E-state index contributed by atoms with van der Waals surface area (Å²) in [5.74, 6) is 0.737. The average molecular weight is 237 g/mol. The molecule has 0 amide bonds. The zero-order valence-electron chi connectivity index (χ0n) is 12.8. The molecule has 0 bridgehead atoms. The van der Waals surface area contributed by atoms with E-state index in [4.69, 9.17) is 4.11 Å². The largest absolute Gasteiger partial charge is 0.388 e. The number of aromatic nitrogens is 2. The summed E-state index contributed by atoms with van der Waals surface area (Å²) in [5.41, 5.74) is 1.69. The summed E-state index contributed by atoms with van der Waals surface area (Å²) in [6.45, 7) is 0.951. The molecular formula is C12H18N4O. The van der Waals surface area contributed by atoms with Crippen LogP contribution in [0.2, 0.25) is 0 Å². The fourth-order valence-corrected chi connectivity index (χ4v) is 2.62. The fraction of sp³-hybridized carbons (Fsp3) is 0.667. The van der Waals surface area contributed by atoms with E-state index in [1.54, 1.807) is 0 Å². The molecule has 0 saturated heterocycles. The molecule has 0 aliphatic carbocycles. The Hall–Kier alpha value is -1.36. The normalized spacial score (nSPS) is 26.0. The Balaban J connectivity index is 2.20. The number of hydrogen-bond acceptors (Lipinski definition) is 5. The van der Waals surface area contributed by atoms with Crippen LogP contribution in [-0.4, -0.2) is 41.2 Å². The smallest absolute Gasteiger partial charge is 0.156 e. The first-order valence-corrected chi connectivity index (χ1v) is 5.96. The van der Waals surface area contributed by atoms with Crippen molar-refractivity contribution in [2.75, 3.05) is 29.9 Å². The second-order valence-corrected chi connectivity index (χ2v) is 4.69. The maximum Gasteiger partial charge on any atom is 0.156 e. The molecule has 3 heterocycles. The van der Waals surface area contributed by atoms with Gasteiger partial charge in [0.15, 0.2) is 11.6 Å². The van der Waals surface area contributed by atoms with Crippen molar-refractivity contribution in [2.45, 2.75) is 32.4 Å². The van der Waals surface area contributed by atoms with Gasteiger partial charge in [-0.3, -0.25) is 0 Å². The van der Waals surface area contributed by atoms with Crippen LogP contribution in [0.4, 0.5) is 11.5 Å². The summed E-state index contributed by atoms with van der Waals surface area (Å²) >= 11 is 0. The Morgan fingerprint density at radius 2 is 2.41 bits per heavy atom. The Morgan fingerprint density at radius 1 is 1.53 bits per heavy atom. The van der Waals surface area contributed by atoms with E-state index < -0.39 is 6.98 Å². The highest BCUT2D eigenvalue weighted by Gasteiger charge is 2.32. The topological polar surface area (TPSA) is 52.5 Å². The van der Waals surface area contributed by atoms with E-state index in [1.807, 2.05) is 6.92 Å². The van der Waals surface area contributed by atoms with Gasteiger partial charge in [-0.1, -0.05) is 0 Å². The van der Waals surface area contributed by atoms with Crippen molar-refractivity contribution >= 4 is 11.5 Å². The highest BCUT2D eigenvalue weighted by Crippen LogP contribution is 2.38. The number of rotatable bonds is 1. The molecule has 0 fully saturated rings. The van der Waals surface area contributed by atoms with Crippen molar-refractivity contribution in [2.24, 2.45) is 0 Å². The molecule has 5 heteroatoms. The molecule has 1 unspecified atom stereocenters. The van der Waals surface area contributed by atoms with E-state index in [1.165, 1.54) is 4.90 Å². The Labute approximate surface area is 105 Å². The quantitative estimate of drug-likeness (QED) is 0.773. The summed E-state index contributed by atoms with van der Waals surface area (Å²) in [4.78, 5) is 12.2. The van der Waals surface area contributed by atoms with E-state index in [0.29, 0.717) is 18.2 Å². The van der Waals surface area contributed by atoms with Gasteiger partial charge in [0, 0.05) is 30.2 Å². The molecule has 1 atom stereocenters. The number of aliphatic hydroxyl groups is 1. The molecule has 0 saturated carbocycles. The Kier molecular flexibility index (Phi) is 1.78. The first-order chi connectivity index (χ1) is 9.41. The van der Waals surface area contributed by atoms with Gasteiger partial charge in [0.05, 0.1) is 5.69 Å². The SMILES string of the molecule is [2H]C([2H])([2H])N1c2nc(CO)nc3c2N(CCC3)CC1C. The molecule has 0 aromatic carbocycles. The van der Waals surface area contributed by atoms with E-state index in [2.05, 4.69) is 14.9 Å². The molecule has 0 spiro atoms. The zero-order chi connectivity index (χ0) is 14.5. The summed E-state index contributed by atoms with van der Waals surface area (Å²) in [6, 6.07) is -0.151. The first-order valence-electron chi connectivity index (χ1n) is 7.46. The van der Waals surface area contributed by atoms with Crippen molar-refractivity contribution in [1.29, 1.82) is 0 Å². The van der Waals surface area contributed by atoms with Crippen LogP contribution in [0, 0.1) is 0 Å². The number of hydrogen-bond donors (Lipinski definition) is 1. The lowest BCUT2D eigenvalue weighted by atomic mass is 10.0. The van der Waals surface area contributed by atoms with E-state index in [9.17, 15) is 5.11 Å². The zero-order valence-corrected chi connectivity index (χ0v) is 9.85. The molecule has 17 heavy (non-hydrogen) atoms. The van der Waals surface area contributed by atoms with Gasteiger partial charge in [0.2, 0.25) is 0 Å². The molecule has 92 valence electrons. The molecule has 1 N–H and O–H groups in total. The highest BCUT2D eigenvalue weighted by atomic mass is 16.3. The number of aliphatic hydroxyl groups excluding tert-OH is 1. The minimum atomic E-state index is -2.24. The van der Waals surface area contributed by atoms with Crippen LogP contribution in [0.5, 0.6) is 0 Å². The first kappa shape index (κ1) is 7.87. The lowest BCUT2D eigenvalue weighted by Crippen LogP contribution is -2.48. The van der Waals surface area contributed by atoms with E-state index in [0.717, 1.165) is 30.8 Å². The Morgan fingerprint density at radius 3 is 3.18 bits per heavy atom. The predicted octanol–water partition coefficient (Wildman–Crippen LogP) is 0.560. The average Bonchev–Trinajstić information content (AvgIpc) is 2.36. The number of nitrogens with zero attached hydrogens (tertiary/aromatic N) is 4. The molecule has 1 aromatic heterocycles. The second kappa shape index (κ2) is 3.84. The van der Waals surface area contributed by atoms with Crippen LogP contribution >= 0.6 is 0 Å². The van der Waals surface area contributed by atoms with Crippen LogP contribution in [0.1, 0.15) is 29.0 Å². The van der Waals surface area contributed by atoms with Crippen molar-refractivity contribution in [3.05, 3.63) is 11.5 Å². The van der Waals surface area contributed by atoms with Crippen LogP contribution in [0.25, 0.3) is 0 Å². The number of aryl methyl sites for hydroxylation is 1. The summed E-state index contributed by atoms with van der Waals surface area (Å²) in [7, 11) is 0. The van der Waals surface area contributed by atoms with Crippen LogP contribution in [-0.2, 0) is 13.0 Å². The maximum atomic E-state index is 9.30. The third kappa shape index (κ3) is 1.57. The summed E-state index contributed by atoms with van der Waals surface area (Å²) < 4.78 is 23.2. The highest BCUT2D eigenvalue weighted by molar-refractivity contribution is 5.73. The van der Waals surface area contributed by atoms with Crippen LogP contribution in [0.15, 0.2) is 0 Å². The standard InChI is InChI=1S/C12H18N4O/c1-8-6-16-5-3-4-9-11(16)12(15(8)2)14-10(7-17)13-9/h8,17H,3-7H2,1-2H3/i2D3. The third-order valence-corrected chi connectivity index (χ3v) is 3.44. The molecule has 2 aliphatic rings. The third-order valence-electron chi connectivity index (χ3n) is 3.44. The monoisotopic (exact) mass is 237 g/mol. The van der Waals surface area contributed by atoms with Crippen molar-refractivity contribution < 1.29 is 9.22 Å². The van der Waals surface area contributed by atoms with Crippen molar-refractivity contribution in [1.82, 2.24) is 9.97 Å². The van der Waals surface area contributed by atoms with Gasteiger partial charge in [-0.05, 0) is 19.8 Å². The van der Waals surface area contributed by atoms with E-state index >= 15 is 0 Å². The van der Waals surface area contributed by atoms with Gasteiger partial charge >= 0.3 is 0 Å². The summed E-state index contributed by atoms with van der Waals surface area (Å²) in [5, 5.41) is 9.30. The second-order valence-electron chi connectivity index (χ2n) is 4.69. The number of likely N-dealkylation sites (N-methyl/N-ethyl adjacent to an activating group) is 1. The Bertz CT molecular complexity index is 534. The van der Waals surface area contributed by atoms with Gasteiger partial charge in [-0.2, -0.15) is 0 Å². The van der Waals surface area contributed by atoms with Crippen molar-refractivity contribution in [3.63, 3.8) is 0 Å². The van der Waals surface area contributed by atoms with Gasteiger partial charge < -0.3 is 14.9 Å². The molecule has 1 aromatic rings. The number of anilines is 2. The molecule has 0 radical (unpaired) electrons. The lowest BCUT2D eigenvalue weighted by Gasteiger charge is -2.43. The predicted molar refractivity (Wildman–Crippen MR) is 66.4 cm³/mol. The molecule has 5 nitrogen and oxygen atoms in total.